The van der Waals surface area contributed by atoms with E-state index in [2.05, 4.69) is 41.8 Å². The van der Waals surface area contributed by atoms with Crippen molar-refractivity contribution in [3.8, 4) is 0 Å². The zero-order valence-corrected chi connectivity index (χ0v) is 24.7. The van der Waals surface area contributed by atoms with Gasteiger partial charge in [0.15, 0.2) is 0 Å². The molecule has 1 aliphatic rings. The molecule has 3 atom stereocenters. The second kappa shape index (κ2) is 14.9. The standard InChI is InChI=1S/C28H48N6O4S/c1-5-29-24-16-23(17-25(18-24)34-14-6-7-15-39(34,37)38)28(36)32-26(20-33-13-9-12-31-33)27(35)19-30-22(4)11-8-10-21(2)3/h9,12-13,16-18,21-22,26-27,29-30,35,37-38H,5-8,10-11,14-15,19-20H2,1-4H3,(H,32,36)/t22?,26-,27+/m0/s1. The van der Waals surface area contributed by atoms with E-state index in [4.69, 9.17) is 0 Å². The minimum Gasteiger partial charge on any atom is -0.390 e. The zero-order valence-electron chi connectivity index (χ0n) is 23.8. The molecule has 220 valence electrons. The largest absolute Gasteiger partial charge is 0.390 e. The molecule has 1 aromatic carbocycles. The number of carbonyl (C=O) groups excluding carboxylic acids is 1. The number of anilines is 2. The number of benzene rings is 1. The second-order valence-electron chi connectivity index (χ2n) is 11.0. The number of carbonyl (C=O) groups is 1. The van der Waals surface area contributed by atoms with Gasteiger partial charge in [-0.15, -0.1) is 10.8 Å². The monoisotopic (exact) mass is 564 g/mol. The molecule has 0 bridgehead atoms. The first-order chi connectivity index (χ1) is 18.6. The van der Waals surface area contributed by atoms with Crippen LogP contribution in [0.3, 0.4) is 0 Å². The third-order valence-corrected chi connectivity index (χ3v) is 8.98. The van der Waals surface area contributed by atoms with E-state index in [0.717, 1.165) is 31.4 Å². The fraction of sp³-hybridized carbons (Fsp3) is 0.643. The van der Waals surface area contributed by atoms with Crippen LogP contribution in [0.1, 0.15) is 70.2 Å². The quantitative estimate of drug-likeness (QED) is 0.186. The molecule has 2 heterocycles. The number of rotatable bonds is 15. The van der Waals surface area contributed by atoms with Crippen LogP contribution in [-0.4, -0.2) is 73.5 Å². The smallest absolute Gasteiger partial charge is 0.251 e. The second-order valence-corrected chi connectivity index (χ2v) is 13.1. The van der Waals surface area contributed by atoms with Gasteiger partial charge in [-0.25, -0.2) is 0 Å². The molecule has 1 fully saturated rings. The van der Waals surface area contributed by atoms with Crippen molar-refractivity contribution in [2.75, 3.05) is 35.0 Å². The fourth-order valence-electron chi connectivity index (χ4n) is 4.82. The van der Waals surface area contributed by atoms with Crippen LogP contribution in [0.25, 0.3) is 0 Å². The van der Waals surface area contributed by atoms with Gasteiger partial charge in [-0.2, -0.15) is 5.10 Å². The molecule has 6 N–H and O–H groups in total. The van der Waals surface area contributed by atoms with Crippen LogP contribution >= 0.6 is 10.8 Å². The Morgan fingerprint density at radius 2 is 1.95 bits per heavy atom. The molecule has 1 aromatic heterocycles. The summed E-state index contributed by atoms with van der Waals surface area (Å²) in [5, 5.41) is 25.1. The van der Waals surface area contributed by atoms with Gasteiger partial charge in [-0.05, 0) is 63.3 Å². The van der Waals surface area contributed by atoms with E-state index in [-0.39, 0.29) is 11.9 Å². The van der Waals surface area contributed by atoms with Crippen LogP contribution in [0.4, 0.5) is 11.4 Å². The summed E-state index contributed by atoms with van der Waals surface area (Å²) in [6.45, 7) is 10.4. The number of hydrogen-bond acceptors (Lipinski definition) is 8. The normalized spacial score (nSPS) is 18.4. The maximum atomic E-state index is 13.5. The Labute approximate surface area is 235 Å². The molecule has 1 unspecified atom stereocenters. The summed E-state index contributed by atoms with van der Waals surface area (Å²) in [5.74, 6) is 0.650. The minimum absolute atomic E-state index is 0.253. The van der Waals surface area contributed by atoms with Crippen LogP contribution in [0, 0.1) is 5.92 Å². The Morgan fingerprint density at radius 1 is 1.15 bits per heavy atom. The van der Waals surface area contributed by atoms with Gasteiger partial charge in [0.05, 0.1) is 30.1 Å². The number of aliphatic hydroxyl groups is 1. The molecule has 0 spiro atoms. The van der Waals surface area contributed by atoms with Crippen LogP contribution in [0.5, 0.6) is 0 Å². The molecular weight excluding hydrogens is 516 g/mol. The lowest BCUT2D eigenvalue weighted by molar-refractivity contribution is 0.0794. The van der Waals surface area contributed by atoms with Crippen molar-refractivity contribution in [3.05, 3.63) is 42.2 Å². The number of aromatic nitrogens is 2. The number of nitrogens with one attached hydrogen (secondary N) is 3. The molecule has 10 nitrogen and oxygen atoms in total. The number of hydrogen-bond donors (Lipinski definition) is 6. The van der Waals surface area contributed by atoms with Crippen LogP contribution in [0.2, 0.25) is 0 Å². The molecule has 1 amide bonds. The zero-order chi connectivity index (χ0) is 28.4. The molecule has 0 aliphatic carbocycles. The highest BCUT2D eigenvalue weighted by molar-refractivity contribution is 8.25. The van der Waals surface area contributed by atoms with Gasteiger partial charge in [0.2, 0.25) is 0 Å². The van der Waals surface area contributed by atoms with E-state index < -0.39 is 22.9 Å². The highest BCUT2D eigenvalue weighted by atomic mass is 32.3. The molecule has 3 rings (SSSR count). The molecule has 0 radical (unpaired) electrons. The lowest BCUT2D eigenvalue weighted by atomic mass is 10.0. The van der Waals surface area contributed by atoms with Gasteiger partial charge in [0.1, 0.15) is 0 Å². The molecule has 39 heavy (non-hydrogen) atoms. The van der Waals surface area contributed by atoms with Crippen LogP contribution in [-0.2, 0) is 6.54 Å². The lowest BCUT2D eigenvalue weighted by Gasteiger charge is -2.47. The molecule has 11 heteroatoms. The summed E-state index contributed by atoms with van der Waals surface area (Å²) in [4.78, 5) is 13.5. The molecule has 1 aliphatic heterocycles. The maximum absolute atomic E-state index is 13.5. The molecular formula is C28H48N6O4S. The average molecular weight is 565 g/mol. The van der Waals surface area contributed by atoms with Gasteiger partial charge in [-0.1, -0.05) is 26.7 Å². The third-order valence-electron chi connectivity index (χ3n) is 7.05. The summed E-state index contributed by atoms with van der Waals surface area (Å²) in [6.07, 6.45) is 7.57. The Balaban J connectivity index is 1.75. The highest BCUT2D eigenvalue weighted by Gasteiger charge is 2.29. The van der Waals surface area contributed by atoms with Crippen molar-refractivity contribution < 1.29 is 19.0 Å². The van der Waals surface area contributed by atoms with E-state index in [1.807, 2.05) is 19.1 Å². The average Bonchev–Trinajstić information content (AvgIpc) is 3.39. The Kier molecular flexibility index (Phi) is 11.9. The lowest BCUT2D eigenvalue weighted by Crippen LogP contribution is -2.50. The summed E-state index contributed by atoms with van der Waals surface area (Å²) >= 11 is 0. The minimum atomic E-state index is -2.93. The summed E-state index contributed by atoms with van der Waals surface area (Å²) < 4.78 is 24.7. The van der Waals surface area contributed by atoms with Gasteiger partial charge < -0.3 is 21.1 Å². The number of amides is 1. The van der Waals surface area contributed by atoms with Gasteiger partial charge in [-0.3, -0.25) is 22.9 Å². The van der Waals surface area contributed by atoms with Crippen molar-refractivity contribution >= 4 is 28.1 Å². The molecule has 1 saturated heterocycles. The van der Waals surface area contributed by atoms with Crippen LogP contribution in [0.15, 0.2) is 36.7 Å². The summed E-state index contributed by atoms with van der Waals surface area (Å²) in [6, 6.07) is 6.77. The summed E-state index contributed by atoms with van der Waals surface area (Å²) in [5.41, 5.74) is 1.71. The Bertz CT molecular complexity index is 1020. The van der Waals surface area contributed by atoms with Gasteiger partial charge >= 0.3 is 0 Å². The SMILES string of the molecule is CCNc1cc(C(=O)N[C@@H](Cn2cccn2)[C@H](O)CNC(C)CCCC(C)C)cc(N2CCCCS2(O)O)c1. The van der Waals surface area contributed by atoms with Crippen LogP contribution < -0.4 is 20.3 Å². The first-order valence-electron chi connectivity index (χ1n) is 14.2. The number of nitrogens with zero attached hydrogens (tertiary/aromatic N) is 3. The van der Waals surface area contributed by atoms with Crippen molar-refractivity contribution in [2.45, 2.75) is 84.5 Å². The molecule has 0 saturated carbocycles. The van der Waals surface area contributed by atoms with Crippen molar-refractivity contribution in [2.24, 2.45) is 5.92 Å². The maximum Gasteiger partial charge on any atom is 0.251 e. The number of aliphatic hydroxyl groups excluding tert-OH is 1. The predicted octanol–water partition coefficient (Wildman–Crippen LogP) is 4.54. The van der Waals surface area contributed by atoms with E-state index in [9.17, 15) is 19.0 Å². The Morgan fingerprint density at radius 3 is 2.62 bits per heavy atom. The van der Waals surface area contributed by atoms with Gasteiger partial charge in [0.25, 0.3) is 5.91 Å². The molecule has 2 aromatic rings. The van der Waals surface area contributed by atoms with E-state index in [0.29, 0.717) is 49.1 Å². The van der Waals surface area contributed by atoms with Gasteiger partial charge in [0, 0.05) is 49.3 Å². The topological polar surface area (TPSA) is 135 Å². The van der Waals surface area contributed by atoms with E-state index in [1.54, 1.807) is 33.5 Å². The highest BCUT2D eigenvalue weighted by Crippen LogP contribution is 2.50. The van der Waals surface area contributed by atoms with Crippen molar-refractivity contribution in [1.82, 2.24) is 20.4 Å². The predicted molar refractivity (Wildman–Crippen MR) is 161 cm³/mol. The first kappa shape index (κ1) is 31.2. The first-order valence-corrected chi connectivity index (χ1v) is 15.9. The summed E-state index contributed by atoms with van der Waals surface area (Å²) in [7, 11) is -2.93. The van der Waals surface area contributed by atoms with E-state index in [1.165, 1.54) is 6.42 Å². The van der Waals surface area contributed by atoms with E-state index >= 15 is 0 Å². The van der Waals surface area contributed by atoms with Crippen molar-refractivity contribution in [1.29, 1.82) is 0 Å². The Hall–Kier alpha value is -2.31. The third kappa shape index (κ3) is 9.68. The fourth-order valence-corrected chi connectivity index (χ4v) is 6.50. The van der Waals surface area contributed by atoms with Crippen molar-refractivity contribution in [3.63, 3.8) is 0 Å².